The smallest absolute Gasteiger partial charge is 0.231 e. The van der Waals surface area contributed by atoms with E-state index in [1.54, 1.807) is 0 Å². The fourth-order valence-electron chi connectivity index (χ4n) is 4.18. The van der Waals surface area contributed by atoms with Crippen molar-refractivity contribution in [2.75, 3.05) is 13.3 Å². The van der Waals surface area contributed by atoms with Gasteiger partial charge in [0, 0.05) is 36.6 Å². The Kier molecular flexibility index (Phi) is 7.13. The number of benzene rings is 2. The summed E-state index contributed by atoms with van der Waals surface area (Å²) in [7, 11) is 0. The minimum absolute atomic E-state index is 0.231. The maximum Gasteiger partial charge on any atom is 0.231 e. The summed E-state index contributed by atoms with van der Waals surface area (Å²) in [5, 5.41) is 1.23. The van der Waals surface area contributed by atoms with E-state index < -0.39 is 0 Å². The second kappa shape index (κ2) is 10.4. The van der Waals surface area contributed by atoms with E-state index in [9.17, 15) is 4.79 Å². The van der Waals surface area contributed by atoms with E-state index in [4.69, 9.17) is 9.47 Å². The molecule has 0 saturated heterocycles. The zero-order valence-electron chi connectivity index (χ0n) is 18.4. The first-order valence-electron chi connectivity index (χ1n) is 11.5. The van der Waals surface area contributed by atoms with Crippen LogP contribution in [0.4, 0.5) is 0 Å². The molecule has 1 N–H and O–H groups in total. The number of rotatable bonds is 11. The number of carbonyl (C=O) groups is 1. The van der Waals surface area contributed by atoms with Crippen LogP contribution in [0.2, 0.25) is 0 Å². The van der Waals surface area contributed by atoms with Crippen LogP contribution in [0.1, 0.15) is 56.6 Å². The highest BCUT2D eigenvalue weighted by atomic mass is 16.7. The maximum atomic E-state index is 13.1. The number of carbonyl (C=O) groups excluding carboxylic acids is 1. The van der Waals surface area contributed by atoms with Crippen LogP contribution in [-0.4, -0.2) is 29.1 Å². The summed E-state index contributed by atoms with van der Waals surface area (Å²) >= 11 is 0. The van der Waals surface area contributed by atoms with Gasteiger partial charge in [0.2, 0.25) is 12.7 Å². The molecule has 4 rings (SSSR count). The van der Waals surface area contributed by atoms with E-state index in [-0.39, 0.29) is 12.7 Å². The summed E-state index contributed by atoms with van der Waals surface area (Å²) in [6.45, 7) is 3.76. The standard InChI is InChI=1S/C26H32N2O3/c1-2-3-4-5-6-11-26(29)28(18-20-12-13-24-25(16-20)31-19-30-24)15-14-21-17-27-23-10-8-7-9-22(21)23/h7-10,12-13,16-17,27H,2-6,11,14-15,18-19H2,1H3. The van der Waals surface area contributed by atoms with Gasteiger partial charge in [-0.3, -0.25) is 4.79 Å². The molecule has 3 aromatic rings. The Morgan fingerprint density at radius 1 is 1.03 bits per heavy atom. The zero-order chi connectivity index (χ0) is 21.5. The van der Waals surface area contributed by atoms with Crippen molar-refractivity contribution < 1.29 is 14.3 Å². The van der Waals surface area contributed by atoms with Crippen molar-refractivity contribution in [2.24, 2.45) is 0 Å². The number of fused-ring (bicyclic) bond motifs is 2. The topological polar surface area (TPSA) is 54.6 Å². The van der Waals surface area contributed by atoms with Gasteiger partial charge in [-0.15, -0.1) is 0 Å². The molecule has 5 nitrogen and oxygen atoms in total. The zero-order valence-corrected chi connectivity index (χ0v) is 18.4. The van der Waals surface area contributed by atoms with E-state index >= 15 is 0 Å². The Balaban J connectivity index is 1.43. The fourth-order valence-corrected chi connectivity index (χ4v) is 4.18. The van der Waals surface area contributed by atoms with E-state index in [2.05, 4.69) is 36.3 Å². The molecule has 5 heteroatoms. The lowest BCUT2D eigenvalue weighted by Gasteiger charge is -2.23. The Morgan fingerprint density at radius 3 is 2.77 bits per heavy atom. The Bertz CT molecular complexity index is 1010. The molecule has 0 atom stereocenters. The normalized spacial score (nSPS) is 12.4. The van der Waals surface area contributed by atoms with Crippen molar-refractivity contribution in [1.82, 2.24) is 9.88 Å². The molecule has 1 amide bonds. The number of aromatic amines is 1. The van der Waals surface area contributed by atoms with Crippen LogP contribution in [-0.2, 0) is 17.8 Å². The number of nitrogens with one attached hydrogen (secondary N) is 1. The summed E-state index contributed by atoms with van der Waals surface area (Å²) in [6.07, 6.45) is 9.27. The van der Waals surface area contributed by atoms with Crippen LogP contribution in [0.15, 0.2) is 48.7 Å². The van der Waals surface area contributed by atoms with Gasteiger partial charge in [0.1, 0.15) is 0 Å². The molecule has 1 aromatic heterocycles. The largest absolute Gasteiger partial charge is 0.454 e. The highest BCUT2D eigenvalue weighted by Gasteiger charge is 2.18. The summed E-state index contributed by atoms with van der Waals surface area (Å²) in [5.74, 6) is 1.77. The van der Waals surface area contributed by atoms with Gasteiger partial charge in [0.25, 0.3) is 0 Å². The third kappa shape index (κ3) is 5.40. The minimum Gasteiger partial charge on any atom is -0.454 e. The summed E-state index contributed by atoms with van der Waals surface area (Å²) in [6, 6.07) is 14.3. The molecule has 0 bridgehead atoms. The molecule has 31 heavy (non-hydrogen) atoms. The van der Waals surface area contributed by atoms with Gasteiger partial charge in [0.15, 0.2) is 11.5 Å². The van der Waals surface area contributed by atoms with Gasteiger partial charge < -0.3 is 19.4 Å². The fraction of sp³-hybridized carbons (Fsp3) is 0.423. The number of aromatic nitrogens is 1. The van der Waals surface area contributed by atoms with Crippen molar-refractivity contribution in [3.8, 4) is 11.5 Å². The molecule has 2 aromatic carbocycles. The molecule has 1 aliphatic heterocycles. The number of hydrogen-bond acceptors (Lipinski definition) is 3. The molecular formula is C26H32N2O3. The van der Waals surface area contributed by atoms with E-state index in [1.807, 2.05) is 29.2 Å². The van der Waals surface area contributed by atoms with Crippen LogP contribution in [0.5, 0.6) is 11.5 Å². The highest BCUT2D eigenvalue weighted by molar-refractivity contribution is 5.83. The van der Waals surface area contributed by atoms with Gasteiger partial charge in [-0.05, 0) is 42.2 Å². The Hall–Kier alpha value is -2.95. The first-order valence-corrected chi connectivity index (χ1v) is 11.5. The number of amides is 1. The molecular weight excluding hydrogens is 388 g/mol. The summed E-state index contributed by atoms with van der Waals surface area (Å²) < 4.78 is 10.9. The van der Waals surface area contributed by atoms with Gasteiger partial charge in [-0.2, -0.15) is 0 Å². The molecule has 1 aliphatic rings. The number of H-pyrrole nitrogens is 1. The average Bonchev–Trinajstić information content (AvgIpc) is 3.43. The molecule has 164 valence electrons. The third-order valence-electron chi connectivity index (χ3n) is 5.98. The Morgan fingerprint density at radius 2 is 1.87 bits per heavy atom. The van der Waals surface area contributed by atoms with Crippen molar-refractivity contribution in [3.63, 3.8) is 0 Å². The number of nitrogens with zero attached hydrogens (tertiary/aromatic N) is 1. The lowest BCUT2D eigenvalue weighted by molar-refractivity contribution is -0.131. The Labute approximate surface area is 184 Å². The van der Waals surface area contributed by atoms with E-state index in [0.29, 0.717) is 19.5 Å². The van der Waals surface area contributed by atoms with Crippen molar-refractivity contribution in [1.29, 1.82) is 0 Å². The van der Waals surface area contributed by atoms with E-state index in [1.165, 1.54) is 30.2 Å². The van der Waals surface area contributed by atoms with Crippen LogP contribution in [0.25, 0.3) is 10.9 Å². The number of para-hydroxylation sites is 1. The van der Waals surface area contributed by atoms with Gasteiger partial charge in [-0.25, -0.2) is 0 Å². The number of unbranched alkanes of at least 4 members (excludes halogenated alkanes) is 4. The molecule has 0 fully saturated rings. The lowest BCUT2D eigenvalue weighted by Crippen LogP contribution is -2.32. The second-order valence-corrected chi connectivity index (χ2v) is 8.28. The predicted molar refractivity (Wildman–Crippen MR) is 123 cm³/mol. The molecule has 0 saturated carbocycles. The van der Waals surface area contributed by atoms with Crippen LogP contribution < -0.4 is 9.47 Å². The molecule has 0 unspecified atom stereocenters. The van der Waals surface area contributed by atoms with Crippen molar-refractivity contribution in [2.45, 2.75) is 58.4 Å². The number of ether oxygens (including phenoxy) is 2. The SMILES string of the molecule is CCCCCCCC(=O)N(CCc1c[nH]c2ccccc12)Cc1ccc2c(c1)OCO2. The molecule has 0 spiro atoms. The minimum atomic E-state index is 0.231. The van der Waals surface area contributed by atoms with Crippen LogP contribution >= 0.6 is 0 Å². The first-order chi connectivity index (χ1) is 15.2. The van der Waals surface area contributed by atoms with E-state index in [0.717, 1.165) is 41.8 Å². The maximum absolute atomic E-state index is 13.1. The first kappa shape index (κ1) is 21.3. The van der Waals surface area contributed by atoms with Gasteiger partial charge >= 0.3 is 0 Å². The molecule has 0 aliphatic carbocycles. The van der Waals surface area contributed by atoms with Gasteiger partial charge in [0.05, 0.1) is 0 Å². The number of hydrogen-bond donors (Lipinski definition) is 1. The second-order valence-electron chi connectivity index (χ2n) is 8.28. The lowest BCUT2D eigenvalue weighted by atomic mass is 10.1. The average molecular weight is 421 g/mol. The summed E-state index contributed by atoms with van der Waals surface area (Å²) in [5.41, 5.74) is 3.46. The van der Waals surface area contributed by atoms with Crippen molar-refractivity contribution >= 4 is 16.8 Å². The monoisotopic (exact) mass is 420 g/mol. The molecule has 2 heterocycles. The quantitative estimate of drug-likeness (QED) is 0.397. The van der Waals surface area contributed by atoms with Crippen LogP contribution in [0, 0.1) is 0 Å². The predicted octanol–water partition coefficient (Wildman–Crippen LogP) is 5.83. The van der Waals surface area contributed by atoms with Crippen molar-refractivity contribution in [3.05, 3.63) is 59.8 Å². The molecule has 0 radical (unpaired) electrons. The van der Waals surface area contributed by atoms with Crippen LogP contribution in [0.3, 0.4) is 0 Å². The highest BCUT2D eigenvalue weighted by Crippen LogP contribution is 2.33. The summed E-state index contributed by atoms with van der Waals surface area (Å²) in [4.78, 5) is 18.4. The third-order valence-corrected chi connectivity index (χ3v) is 5.98. The van der Waals surface area contributed by atoms with Gasteiger partial charge in [-0.1, -0.05) is 56.9 Å².